The van der Waals surface area contributed by atoms with Crippen molar-refractivity contribution >= 4 is 5.78 Å². The first-order chi connectivity index (χ1) is 18.6. The van der Waals surface area contributed by atoms with Gasteiger partial charge in [0, 0.05) is 73.3 Å². The smallest absolute Gasteiger partial charge is 0.174 e. The van der Waals surface area contributed by atoms with Gasteiger partial charge in [0.25, 0.3) is 0 Å². The molecule has 1 heterocycles. The van der Waals surface area contributed by atoms with Gasteiger partial charge >= 0.3 is 0 Å². The zero-order chi connectivity index (χ0) is 29.6. The molecule has 9 N–H and O–H groups in total. The van der Waals surface area contributed by atoms with Crippen LogP contribution < -0.4 is 5.73 Å². The van der Waals surface area contributed by atoms with E-state index in [9.17, 15) is 35.6 Å². The first kappa shape index (κ1) is 33.6. The van der Waals surface area contributed by atoms with Gasteiger partial charge in [-0.1, -0.05) is 56.7 Å². The fourth-order valence-electron chi connectivity index (χ4n) is 8.92. The molecule has 3 fully saturated rings. The van der Waals surface area contributed by atoms with Gasteiger partial charge in [0.1, 0.15) is 30.0 Å². The van der Waals surface area contributed by atoms with Gasteiger partial charge < -0.3 is 36.0 Å². The van der Waals surface area contributed by atoms with Crippen LogP contribution in [-0.4, -0.2) is 84.9 Å². The van der Waals surface area contributed by atoms with Crippen LogP contribution >= 0.6 is 0 Å². The van der Waals surface area contributed by atoms with Gasteiger partial charge in [-0.2, -0.15) is 0 Å². The van der Waals surface area contributed by atoms with Crippen LogP contribution in [0, 0.1) is 72.6 Å². The van der Waals surface area contributed by atoms with E-state index in [-0.39, 0.29) is 69.1 Å². The number of benzene rings is 1. The fourth-order valence-corrected chi connectivity index (χ4v) is 8.92. The second-order valence-electron chi connectivity index (χ2n) is 13.4. The van der Waals surface area contributed by atoms with Crippen molar-refractivity contribution in [3.05, 3.63) is 47.0 Å². The maximum Gasteiger partial charge on any atom is 0.174 e. The summed E-state index contributed by atoms with van der Waals surface area (Å²) in [5, 5.41) is 69.1. The van der Waals surface area contributed by atoms with E-state index in [1.807, 2.05) is 18.2 Å². The van der Waals surface area contributed by atoms with Crippen molar-refractivity contribution in [1.82, 2.24) is 0 Å². The number of hydrogen-bond donors (Lipinski definition) is 7. The summed E-state index contributed by atoms with van der Waals surface area (Å²) in [5.41, 5.74) is -0.267. The van der Waals surface area contributed by atoms with E-state index >= 15 is 0 Å². The Morgan fingerprint density at radius 3 is 2.27 bits per heavy atom. The van der Waals surface area contributed by atoms with E-state index in [1.165, 1.54) is 0 Å². The third-order valence-corrected chi connectivity index (χ3v) is 11.5. The van der Waals surface area contributed by atoms with Gasteiger partial charge in [-0.25, -0.2) is 4.89 Å². The molecule has 0 amide bonds. The van der Waals surface area contributed by atoms with E-state index < -0.39 is 82.1 Å². The van der Waals surface area contributed by atoms with Crippen LogP contribution in [0.25, 0.3) is 0 Å². The van der Waals surface area contributed by atoms with Crippen molar-refractivity contribution in [2.24, 2.45) is 28.6 Å². The quantitative estimate of drug-likeness (QED) is 0.126. The number of carbonyl (C=O) groups excluding carboxylic acids is 1. The number of ether oxygens (including phenoxy) is 1. The van der Waals surface area contributed by atoms with Crippen LogP contribution in [-0.2, 0) is 14.4 Å². The van der Waals surface area contributed by atoms with Crippen LogP contribution in [0.4, 0.5) is 0 Å². The molecule has 0 spiro atoms. The Labute approximate surface area is 276 Å². The van der Waals surface area contributed by atoms with Gasteiger partial charge in [0.05, 0.1) is 29.8 Å². The maximum atomic E-state index is 14.2. The van der Waals surface area contributed by atoms with Gasteiger partial charge in [-0.05, 0) is 31.8 Å². The number of quaternary nitrogens is 1. The number of carbonyl (C=O) groups is 1. The minimum Gasteiger partial charge on any atom is -0.392 e. The predicted octanol–water partition coefficient (Wildman–Crippen LogP) is 0.379. The summed E-state index contributed by atoms with van der Waals surface area (Å²) in [6.45, 7) is 8.50. The van der Waals surface area contributed by atoms with Crippen LogP contribution in [0.2, 0.25) is 0 Å². The molecule has 1 saturated heterocycles. The molecule has 225 valence electrons. The topological polar surface area (TPSA) is 185 Å². The summed E-state index contributed by atoms with van der Waals surface area (Å²) >= 11 is 0. The molecule has 2 bridgehead atoms. The van der Waals surface area contributed by atoms with E-state index in [0.717, 1.165) is 5.56 Å². The monoisotopic (exact) mass is 789 g/mol. The molecule has 2 saturated carbocycles. The molecule has 10 unspecified atom stereocenters. The van der Waals surface area contributed by atoms with Crippen molar-refractivity contribution in [3.63, 3.8) is 0 Å². The standard InChI is InChI=1S/C30H43NO9.Ac/c1-14-17(24(40-38)23(34)21(31)16-9-7-6-8-10-16)12-30(37)15(2)25-28(5,18(32)11-19-29(25,36)13-39-19)26(35)22(33)20(14)27(30,3)4;/h6-10,15,17-19,21-25,32-34,36-38H,11-13,31H2,1-5H3;/p+1/t15?,17?,18?,19?,21?,22?,23?,24-,25?,28-,29?,30?;/m1./s1. The van der Waals surface area contributed by atoms with Gasteiger partial charge in [0.15, 0.2) is 5.78 Å². The number of aliphatic hydroxyl groups is 5. The normalized spacial score (nSPS) is 43.8. The minimum absolute atomic E-state index is 0. The molecular weight excluding hydrogens is 745 g/mol. The summed E-state index contributed by atoms with van der Waals surface area (Å²) < 4.78 is 5.60. The van der Waals surface area contributed by atoms with E-state index in [4.69, 9.17) is 9.62 Å². The summed E-state index contributed by atoms with van der Waals surface area (Å²) in [7, 11) is 0. The molecule has 41 heavy (non-hydrogen) atoms. The van der Waals surface area contributed by atoms with Crippen molar-refractivity contribution in [2.45, 2.75) is 95.2 Å². The Hall–Kier alpha value is -0.288. The molecule has 1 aliphatic heterocycles. The summed E-state index contributed by atoms with van der Waals surface area (Å²) in [6.07, 6.45) is -6.15. The molecule has 0 aromatic heterocycles. The predicted molar refractivity (Wildman–Crippen MR) is 142 cm³/mol. The van der Waals surface area contributed by atoms with E-state index in [2.05, 4.69) is 5.73 Å². The van der Waals surface area contributed by atoms with Crippen molar-refractivity contribution in [3.8, 4) is 0 Å². The molecule has 10 nitrogen and oxygen atoms in total. The molecular formula is C30H44AcNO9+. The largest absolute Gasteiger partial charge is 0.392 e. The molecule has 11 heteroatoms. The van der Waals surface area contributed by atoms with Crippen LogP contribution in [0.15, 0.2) is 41.5 Å². The fraction of sp³-hybridized carbons (Fsp3) is 0.700. The molecule has 5 rings (SSSR count). The summed E-state index contributed by atoms with van der Waals surface area (Å²) in [5.74, 6) is -3.17. The Morgan fingerprint density at radius 1 is 1.12 bits per heavy atom. The molecule has 1 aromatic carbocycles. The number of hydrogen-bond acceptors (Lipinski definition) is 9. The third-order valence-electron chi connectivity index (χ3n) is 11.5. The second kappa shape index (κ2) is 11.3. The molecule has 1 radical (unpaired) electrons. The van der Waals surface area contributed by atoms with Crippen molar-refractivity contribution < 1.29 is 95.0 Å². The zero-order valence-electron chi connectivity index (χ0n) is 24.4. The first-order valence-corrected chi connectivity index (χ1v) is 14.1. The van der Waals surface area contributed by atoms with Crippen molar-refractivity contribution in [2.75, 3.05) is 6.61 Å². The average molecular weight is 790 g/mol. The maximum absolute atomic E-state index is 14.2. The van der Waals surface area contributed by atoms with Crippen LogP contribution in [0.1, 0.15) is 59.1 Å². The Kier molecular flexibility index (Phi) is 9.23. The van der Waals surface area contributed by atoms with E-state index in [0.29, 0.717) is 5.57 Å². The molecule has 12 atom stereocenters. The van der Waals surface area contributed by atoms with Gasteiger partial charge in [-0.3, -0.25) is 10.1 Å². The van der Waals surface area contributed by atoms with Crippen LogP contribution in [0.5, 0.6) is 0 Å². The average Bonchev–Trinajstić information content (AvgIpc) is 2.92. The molecule has 1 aromatic rings. The Morgan fingerprint density at radius 2 is 1.73 bits per heavy atom. The number of rotatable bonds is 5. The molecule has 3 aliphatic carbocycles. The Bertz CT molecular complexity index is 1200. The molecule has 4 aliphatic rings. The zero-order valence-corrected chi connectivity index (χ0v) is 29.1. The van der Waals surface area contributed by atoms with Gasteiger partial charge in [-0.15, -0.1) is 0 Å². The third kappa shape index (κ3) is 4.53. The Balaban J connectivity index is 0.00000387. The van der Waals surface area contributed by atoms with Gasteiger partial charge in [0.2, 0.25) is 0 Å². The van der Waals surface area contributed by atoms with E-state index in [1.54, 1.807) is 46.8 Å². The summed E-state index contributed by atoms with van der Waals surface area (Å²) in [4.78, 5) is 19.1. The van der Waals surface area contributed by atoms with Crippen molar-refractivity contribution in [1.29, 1.82) is 0 Å². The number of fused-ring (bicyclic) bond motifs is 5. The van der Waals surface area contributed by atoms with Crippen LogP contribution in [0.3, 0.4) is 0 Å². The summed E-state index contributed by atoms with van der Waals surface area (Å²) in [6, 6.07) is 8.38. The first-order valence-electron chi connectivity index (χ1n) is 14.1. The SMILES string of the molecule is CC1=C2C(O)C(=O)[C@]3(C)C(O)CC4OCC4(O)C3C(C)C(O)(CC1[C@@H](OO)C(O)C([NH3+])c1ccccc1)C2(C)C.[Ac]. The second-order valence-corrected chi connectivity index (χ2v) is 13.4. The number of Topliss-reactive ketones (excluding diaryl/α,β-unsaturated/α-hetero) is 1. The minimum atomic E-state index is -1.71. The number of ketones is 1. The number of aliphatic hydroxyl groups excluding tert-OH is 3.